The summed E-state index contributed by atoms with van der Waals surface area (Å²) in [4.78, 5) is 39.2. The van der Waals surface area contributed by atoms with Crippen molar-refractivity contribution in [1.82, 2.24) is 9.88 Å². The number of nitrogens with two attached hydrogens (primary N) is 1. The number of carbonyl (C=O) groups excluding carboxylic acids is 3. The van der Waals surface area contributed by atoms with E-state index in [0.29, 0.717) is 23.1 Å². The Morgan fingerprint density at radius 3 is 2.05 bits per heavy atom. The molecular weight excluding hydrogens is 570 g/mol. The first kappa shape index (κ1) is 26.9. The zero-order valence-electron chi connectivity index (χ0n) is 21.4. The van der Waals surface area contributed by atoms with Gasteiger partial charge in [-0.2, -0.15) is 0 Å². The Morgan fingerprint density at radius 2 is 1.43 bits per heavy atom. The number of amides is 2. The number of hydrogen-bond acceptors (Lipinski definition) is 4. The molecule has 0 saturated heterocycles. The Bertz CT molecular complexity index is 1650. The van der Waals surface area contributed by atoms with Gasteiger partial charge in [0.25, 0.3) is 11.7 Å². The van der Waals surface area contributed by atoms with Crippen molar-refractivity contribution in [1.29, 1.82) is 0 Å². The Hall–Kier alpha value is -4.69. The molecule has 0 saturated carbocycles. The predicted octanol–water partition coefficient (Wildman–Crippen LogP) is 6.33. The Morgan fingerprint density at radius 1 is 0.825 bits per heavy atom. The summed E-state index contributed by atoms with van der Waals surface area (Å²) in [5.41, 5.74) is 8.83. The number of primary amides is 1. The van der Waals surface area contributed by atoms with Crippen LogP contribution in [0.3, 0.4) is 0 Å². The third-order valence-corrected chi connectivity index (χ3v) is 7.10. The van der Waals surface area contributed by atoms with Crippen LogP contribution in [-0.2, 0) is 16.1 Å². The van der Waals surface area contributed by atoms with Crippen LogP contribution < -0.4 is 11.1 Å². The van der Waals surface area contributed by atoms with Crippen LogP contribution in [0.5, 0.6) is 0 Å². The molecule has 40 heavy (non-hydrogen) atoms. The first-order valence-corrected chi connectivity index (χ1v) is 13.4. The molecule has 0 aliphatic rings. The van der Waals surface area contributed by atoms with Gasteiger partial charge in [-0.3, -0.25) is 9.59 Å². The summed E-state index contributed by atoms with van der Waals surface area (Å²) in [6, 6.07) is 32.6. The van der Waals surface area contributed by atoms with Crippen molar-refractivity contribution < 1.29 is 19.1 Å². The highest BCUT2D eigenvalue weighted by atomic mass is 79.9. The van der Waals surface area contributed by atoms with E-state index < -0.39 is 29.9 Å². The van der Waals surface area contributed by atoms with E-state index in [-0.39, 0.29) is 5.56 Å². The fourth-order valence-corrected chi connectivity index (χ4v) is 5.14. The molecule has 0 radical (unpaired) electrons. The minimum Gasteiger partial charge on any atom is -0.439 e. The van der Waals surface area contributed by atoms with Gasteiger partial charge >= 0.3 is 6.09 Å². The molecule has 200 valence electrons. The van der Waals surface area contributed by atoms with Crippen LogP contribution in [0.1, 0.15) is 39.2 Å². The third-order valence-electron chi connectivity index (χ3n) is 6.61. The molecule has 0 unspecified atom stereocenters. The van der Waals surface area contributed by atoms with E-state index in [1.807, 2.05) is 65.2 Å². The first-order valence-electron chi connectivity index (χ1n) is 12.6. The predicted molar refractivity (Wildman–Crippen MR) is 157 cm³/mol. The average Bonchev–Trinajstić information content (AvgIpc) is 3.32. The number of fused-ring (bicyclic) bond motifs is 1. The molecule has 3 N–H and O–H groups in total. The van der Waals surface area contributed by atoms with E-state index in [1.54, 1.807) is 54.7 Å². The molecule has 5 rings (SSSR count). The number of nitrogens with zero attached hydrogens (tertiary/aromatic N) is 1. The Balaban J connectivity index is 1.51. The summed E-state index contributed by atoms with van der Waals surface area (Å²) in [7, 11) is 0. The summed E-state index contributed by atoms with van der Waals surface area (Å²) in [5.74, 6) is -1.54. The number of benzene rings is 4. The summed E-state index contributed by atoms with van der Waals surface area (Å²) >= 11 is 3.49. The summed E-state index contributed by atoms with van der Waals surface area (Å²) in [6.07, 6.45) is -0.256. The van der Waals surface area contributed by atoms with Gasteiger partial charge in [-0.05, 0) is 34.9 Å². The molecule has 0 bridgehead atoms. The molecule has 1 heterocycles. The summed E-state index contributed by atoms with van der Waals surface area (Å²) < 4.78 is 8.24. The van der Waals surface area contributed by atoms with E-state index in [1.165, 1.54) is 0 Å². The van der Waals surface area contributed by atoms with E-state index in [2.05, 4.69) is 21.2 Å². The van der Waals surface area contributed by atoms with Gasteiger partial charge in [0.2, 0.25) is 0 Å². The van der Waals surface area contributed by atoms with Gasteiger partial charge in [0.15, 0.2) is 6.10 Å². The number of aromatic nitrogens is 1. The highest BCUT2D eigenvalue weighted by molar-refractivity contribution is 9.10. The van der Waals surface area contributed by atoms with Gasteiger partial charge < -0.3 is 20.4 Å². The normalized spacial score (nSPS) is 12.4. The number of halogens is 1. The number of Topliss-reactive ketones (excluding diaryl/α,β-unsaturated/α-hetero) is 1. The standard InChI is InChI=1S/C32H26BrN3O4/c33-24-16-17-27-25(18-24)26(20-36(27)19-21-10-4-1-5-11-21)29(37)31(38)35-28(22-12-6-2-7-13-22)30(40-32(34)39)23-14-8-3-9-15-23/h1-18,20,28,30H,19H2,(H2,34,39)(H,35,38)/t28-,30-/m1/s1. The second-order valence-corrected chi connectivity index (χ2v) is 10.2. The van der Waals surface area contributed by atoms with E-state index in [4.69, 9.17) is 10.5 Å². The number of hydrogen-bond donors (Lipinski definition) is 2. The van der Waals surface area contributed by atoms with Crippen molar-refractivity contribution >= 4 is 44.6 Å². The third kappa shape index (κ3) is 5.97. The lowest BCUT2D eigenvalue weighted by Gasteiger charge is -2.28. The molecule has 1 aromatic heterocycles. The molecule has 0 spiro atoms. The molecule has 0 aliphatic carbocycles. The SMILES string of the molecule is NC(=O)O[C@H](c1ccccc1)[C@H](NC(=O)C(=O)c1cn(Cc2ccccc2)c2ccc(Br)cc12)c1ccccc1. The van der Waals surface area contributed by atoms with Gasteiger partial charge in [-0.1, -0.05) is 107 Å². The Kier molecular flexibility index (Phi) is 8.07. The van der Waals surface area contributed by atoms with Gasteiger partial charge in [0, 0.05) is 28.1 Å². The van der Waals surface area contributed by atoms with Crippen LogP contribution in [-0.4, -0.2) is 22.4 Å². The average molecular weight is 596 g/mol. The van der Waals surface area contributed by atoms with Gasteiger partial charge in [-0.15, -0.1) is 0 Å². The monoisotopic (exact) mass is 595 g/mol. The molecular formula is C32H26BrN3O4. The minimum atomic E-state index is -0.996. The van der Waals surface area contributed by atoms with Gasteiger partial charge in [-0.25, -0.2) is 4.79 Å². The Labute approximate surface area is 239 Å². The smallest absolute Gasteiger partial charge is 0.405 e. The van der Waals surface area contributed by atoms with Gasteiger partial charge in [0.1, 0.15) is 0 Å². The van der Waals surface area contributed by atoms with Crippen molar-refractivity contribution in [3.8, 4) is 0 Å². The lowest BCUT2D eigenvalue weighted by atomic mass is 9.95. The number of ketones is 1. The minimum absolute atomic E-state index is 0.267. The van der Waals surface area contributed by atoms with Crippen molar-refractivity contribution in [2.45, 2.75) is 18.7 Å². The van der Waals surface area contributed by atoms with E-state index in [0.717, 1.165) is 15.6 Å². The number of carbonyl (C=O) groups is 3. The molecule has 2 amide bonds. The van der Waals surface area contributed by atoms with Crippen LogP contribution in [0.4, 0.5) is 4.79 Å². The maximum absolute atomic E-state index is 13.7. The largest absolute Gasteiger partial charge is 0.439 e. The molecule has 7 nitrogen and oxygen atoms in total. The van der Waals surface area contributed by atoms with Crippen LogP contribution in [0.15, 0.2) is 120 Å². The summed E-state index contributed by atoms with van der Waals surface area (Å²) in [5, 5.41) is 3.48. The van der Waals surface area contributed by atoms with E-state index in [9.17, 15) is 14.4 Å². The molecule has 0 fully saturated rings. The van der Waals surface area contributed by atoms with Crippen molar-refractivity contribution in [3.05, 3.63) is 142 Å². The van der Waals surface area contributed by atoms with Crippen molar-refractivity contribution in [2.75, 3.05) is 0 Å². The topological polar surface area (TPSA) is 103 Å². The van der Waals surface area contributed by atoms with Gasteiger partial charge in [0.05, 0.1) is 11.6 Å². The lowest BCUT2D eigenvalue weighted by Crippen LogP contribution is -2.39. The van der Waals surface area contributed by atoms with Crippen LogP contribution in [0, 0.1) is 0 Å². The zero-order valence-corrected chi connectivity index (χ0v) is 23.0. The maximum Gasteiger partial charge on any atom is 0.405 e. The molecule has 8 heteroatoms. The molecule has 4 aromatic carbocycles. The maximum atomic E-state index is 13.7. The number of nitrogens with one attached hydrogen (secondary N) is 1. The van der Waals surface area contributed by atoms with Crippen LogP contribution in [0.25, 0.3) is 10.9 Å². The second kappa shape index (κ2) is 12.0. The quantitative estimate of drug-likeness (QED) is 0.153. The van der Waals surface area contributed by atoms with E-state index >= 15 is 0 Å². The molecule has 0 aliphatic heterocycles. The first-order chi connectivity index (χ1) is 19.4. The van der Waals surface area contributed by atoms with Crippen LogP contribution >= 0.6 is 15.9 Å². The second-order valence-electron chi connectivity index (χ2n) is 9.28. The number of rotatable bonds is 9. The van der Waals surface area contributed by atoms with Crippen molar-refractivity contribution in [2.24, 2.45) is 5.73 Å². The highest BCUT2D eigenvalue weighted by Gasteiger charge is 2.32. The van der Waals surface area contributed by atoms with Crippen molar-refractivity contribution in [3.63, 3.8) is 0 Å². The number of ether oxygens (including phenoxy) is 1. The summed E-state index contributed by atoms with van der Waals surface area (Å²) in [6.45, 7) is 0.531. The zero-order chi connectivity index (χ0) is 28.1. The fourth-order valence-electron chi connectivity index (χ4n) is 4.78. The van der Waals surface area contributed by atoms with Crippen LogP contribution in [0.2, 0.25) is 0 Å². The highest BCUT2D eigenvalue weighted by Crippen LogP contribution is 2.33. The lowest BCUT2D eigenvalue weighted by molar-refractivity contribution is -0.118. The molecule has 5 aromatic rings. The molecule has 2 atom stereocenters. The fraction of sp³-hybridized carbons (Fsp3) is 0.0938.